The number of hydrogen-bond donors (Lipinski definition) is 1. The van der Waals surface area contributed by atoms with E-state index in [0.29, 0.717) is 24.2 Å². The largest absolute Gasteiger partial charge is 0.487 e. The van der Waals surface area contributed by atoms with E-state index >= 15 is 0 Å². The molecule has 1 N–H and O–H groups in total. The van der Waals surface area contributed by atoms with E-state index in [1.165, 1.54) is 0 Å². The minimum absolute atomic E-state index is 0.0493. The fourth-order valence-corrected chi connectivity index (χ4v) is 3.24. The Morgan fingerprint density at radius 3 is 2.71 bits per heavy atom. The van der Waals surface area contributed by atoms with Crippen molar-refractivity contribution in [2.24, 2.45) is 11.8 Å². The summed E-state index contributed by atoms with van der Waals surface area (Å²) in [7, 11) is 0. The van der Waals surface area contributed by atoms with E-state index in [-0.39, 0.29) is 10.6 Å². The number of hydrogen-bond acceptors (Lipinski definition) is 5. The third-order valence-corrected chi connectivity index (χ3v) is 4.36. The van der Waals surface area contributed by atoms with Gasteiger partial charge in [0, 0.05) is 44.0 Å². The van der Waals surface area contributed by atoms with Crippen molar-refractivity contribution in [1.82, 2.24) is 5.32 Å². The standard InChI is InChI=1S/C15H21N3O3/c1-2-5-21-15-6-13(3-4-14(15)18(19)20)17-9-11-7-16-8-12(11)10-17/h3-4,6,11-12,16H,2,5,7-10H2,1H3/t11-,12+. The second kappa shape index (κ2) is 5.89. The number of nitro benzene ring substituents is 1. The average Bonchev–Trinajstić information content (AvgIpc) is 3.05. The quantitative estimate of drug-likeness (QED) is 0.664. The molecule has 3 rings (SSSR count). The molecule has 2 atom stereocenters. The van der Waals surface area contributed by atoms with Crippen LogP contribution in [0, 0.1) is 22.0 Å². The maximum absolute atomic E-state index is 11.1. The third kappa shape index (κ3) is 2.81. The van der Waals surface area contributed by atoms with Crippen LogP contribution in [0.25, 0.3) is 0 Å². The molecular weight excluding hydrogens is 270 g/mol. The zero-order chi connectivity index (χ0) is 14.8. The highest BCUT2D eigenvalue weighted by molar-refractivity contribution is 5.60. The van der Waals surface area contributed by atoms with Crippen molar-refractivity contribution in [3.8, 4) is 5.75 Å². The summed E-state index contributed by atoms with van der Waals surface area (Å²) < 4.78 is 5.56. The molecule has 0 aromatic heterocycles. The van der Waals surface area contributed by atoms with E-state index in [9.17, 15) is 10.1 Å². The Hall–Kier alpha value is -1.82. The maximum Gasteiger partial charge on any atom is 0.311 e. The van der Waals surface area contributed by atoms with Crippen LogP contribution in [-0.2, 0) is 0 Å². The van der Waals surface area contributed by atoms with Gasteiger partial charge in [-0.05, 0) is 24.3 Å². The molecule has 0 bridgehead atoms. The van der Waals surface area contributed by atoms with Gasteiger partial charge in [-0.3, -0.25) is 10.1 Å². The van der Waals surface area contributed by atoms with Crippen LogP contribution in [-0.4, -0.2) is 37.7 Å². The molecule has 1 aromatic carbocycles. The van der Waals surface area contributed by atoms with Crippen LogP contribution in [0.4, 0.5) is 11.4 Å². The van der Waals surface area contributed by atoms with E-state index in [0.717, 1.165) is 38.3 Å². The lowest BCUT2D eigenvalue weighted by Crippen LogP contribution is -2.25. The number of nitrogens with zero attached hydrogens (tertiary/aromatic N) is 2. The number of ether oxygens (including phenoxy) is 1. The minimum Gasteiger partial charge on any atom is -0.487 e. The van der Waals surface area contributed by atoms with Crippen molar-refractivity contribution in [3.63, 3.8) is 0 Å². The molecule has 0 saturated carbocycles. The molecule has 2 heterocycles. The summed E-state index contributed by atoms with van der Waals surface area (Å²) in [6, 6.07) is 5.22. The predicted octanol–water partition coefficient (Wildman–Crippen LogP) is 2.04. The summed E-state index contributed by atoms with van der Waals surface area (Å²) in [4.78, 5) is 13.0. The predicted molar refractivity (Wildman–Crippen MR) is 80.9 cm³/mol. The average molecular weight is 291 g/mol. The van der Waals surface area contributed by atoms with Crippen LogP contribution < -0.4 is 15.0 Å². The van der Waals surface area contributed by atoms with Gasteiger partial charge in [-0.25, -0.2) is 0 Å². The first-order valence-corrected chi connectivity index (χ1v) is 7.56. The minimum atomic E-state index is -0.378. The fraction of sp³-hybridized carbons (Fsp3) is 0.600. The Labute approximate surface area is 124 Å². The summed E-state index contributed by atoms with van der Waals surface area (Å²) in [5, 5.41) is 14.5. The van der Waals surface area contributed by atoms with E-state index in [4.69, 9.17) is 4.74 Å². The second-order valence-corrected chi connectivity index (χ2v) is 5.84. The number of nitro groups is 1. The first kappa shape index (κ1) is 14.1. The Bertz CT molecular complexity index is 523. The number of benzene rings is 1. The number of rotatable bonds is 5. The highest BCUT2D eigenvalue weighted by Gasteiger charge is 2.36. The van der Waals surface area contributed by atoms with Crippen molar-refractivity contribution in [1.29, 1.82) is 0 Å². The molecular formula is C15H21N3O3. The fourth-order valence-electron chi connectivity index (χ4n) is 3.24. The topological polar surface area (TPSA) is 67.6 Å². The van der Waals surface area contributed by atoms with Gasteiger partial charge in [0.25, 0.3) is 0 Å². The molecule has 2 fully saturated rings. The maximum atomic E-state index is 11.1. The molecule has 2 aliphatic heterocycles. The van der Waals surface area contributed by atoms with Gasteiger partial charge in [0.2, 0.25) is 0 Å². The van der Waals surface area contributed by atoms with Crippen molar-refractivity contribution in [2.45, 2.75) is 13.3 Å². The van der Waals surface area contributed by atoms with Crippen LogP contribution in [0.3, 0.4) is 0 Å². The lowest BCUT2D eigenvalue weighted by Gasteiger charge is -2.20. The van der Waals surface area contributed by atoms with Crippen LogP contribution in [0.15, 0.2) is 18.2 Å². The van der Waals surface area contributed by atoms with Crippen molar-refractivity contribution < 1.29 is 9.66 Å². The Balaban J connectivity index is 1.81. The normalized spacial score (nSPS) is 24.1. The van der Waals surface area contributed by atoms with Gasteiger partial charge in [0.1, 0.15) is 0 Å². The van der Waals surface area contributed by atoms with Crippen molar-refractivity contribution in [2.75, 3.05) is 37.7 Å². The van der Waals surface area contributed by atoms with E-state index < -0.39 is 0 Å². The van der Waals surface area contributed by atoms with Gasteiger partial charge in [-0.2, -0.15) is 0 Å². The van der Waals surface area contributed by atoms with Crippen LogP contribution in [0.2, 0.25) is 0 Å². The first-order chi connectivity index (χ1) is 10.2. The summed E-state index contributed by atoms with van der Waals surface area (Å²) >= 11 is 0. The third-order valence-electron chi connectivity index (χ3n) is 4.36. The molecule has 2 saturated heterocycles. The molecule has 6 nitrogen and oxygen atoms in total. The smallest absolute Gasteiger partial charge is 0.311 e. The van der Waals surface area contributed by atoms with Gasteiger partial charge in [0.05, 0.1) is 11.5 Å². The second-order valence-electron chi connectivity index (χ2n) is 5.84. The molecule has 0 aliphatic carbocycles. The van der Waals surface area contributed by atoms with Crippen molar-refractivity contribution >= 4 is 11.4 Å². The van der Waals surface area contributed by atoms with Gasteiger partial charge < -0.3 is 15.0 Å². The van der Waals surface area contributed by atoms with E-state index in [1.54, 1.807) is 6.07 Å². The summed E-state index contributed by atoms with van der Waals surface area (Å²) in [5.41, 5.74) is 1.08. The van der Waals surface area contributed by atoms with E-state index in [2.05, 4.69) is 10.2 Å². The molecule has 2 aliphatic rings. The highest BCUT2D eigenvalue weighted by Crippen LogP contribution is 2.36. The molecule has 0 amide bonds. The molecule has 114 valence electrons. The number of fused-ring (bicyclic) bond motifs is 1. The van der Waals surface area contributed by atoms with E-state index in [1.807, 2.05) is 19.1 Å². The lowest BCUT2D eigenvalue weighted by molar-refractivity contribution is -0.385. The zero-order valence-electron chi connectivity index (χ0n) is 12.2. The Morgan fingerprint density at radius 2 is 2.10 bits per heavy atom. The molecule has 21 heavy (non-hydrogen) atoms. The summed E-state index contributed by atoms with van der Waals surface area (Å²) in [6.45, 7) is 6.68. The van der Waals surface area contributed by atoms with Crippen molar-refractivity contribution in [3.05, 3.63) is 28.3 Å². The number of anilines is 1. The molecule has 6 heteroatoms. The first-order valence-electron chi connectivity index (χ1n) is 7.56. The van der Waals surface area contributed by atoms with Crippen LogP contribution >= 0.6 is 0 Å². The molecule has 0 spiro atoms. The number of nitrogens with one attached hydrogen (secondary N) is 1. The molecule has 1 aromatic rings. The monoisotopic (exact) mass is 291 g/mol. The summed E-state index contributed by atoms with van der Waals surface area (Å²) in [6.07, 6.45) is 0.834. The van der Waals surface area contributed by atoms with Gasteiger partial charge >= 0.3 is 5.69 Å². The van der Waals surface area contributed by atoms with Gasteiger partial charge in [-0.1, -0.05) is 6.92 Å². The highest BCUT2D eigenvalue weighted by atomic mass is 16.6. The lowest BCUT2D eigenvalue weighted by atomic mass is 10.0. The molecule has 0 unspecified atom stereocenters. The zero-order valence-corrected chi connectivity index (χ0v) is 12.2. The SMILES string of the molecule is CCCOc1cc(N2C[C@H]3CNC[C@H]3C2)ccc1[N+](=O)[O-]. The molecule has 0 radical (unpaired) electrons. The van der Waals surface area contributed by atoms with Crippen LogP contribution in [0.1, 0.15) is 13.3 Å². The summed E-state index contributed by atoms with van der Waals surface area (Å²) in [5.74, 6) is 1.77. The Morgan fingerprint density at radius 1 is 1.38 bits per heavy atom. The Kier molecular flexibility index (Phi) is 3.96. The van der Waals surface area contributed by atoms with Gasteiger partial charge in [-0.15, -0.1) is 0 Å². The van der Waals surface area contributed by atoms with Gasteiger partial charge in [0.15, 0.2) is 5.75 Å². The van der Waals surface area contributed by atoms with Crippen LogP contribution in [0.5, 0.6) is 5.75 Å².